The van der Waals surface area contributed by atoms with Crippen molar-refractivity contribution in [2.45, 2.75) is 0 Å². The van der Waals surface area contributed by atoms with Gasteiger partial charge in [0.05, 0.1) is 18.0 Å². The van der Waals surface area contributed by atoms with E-state index in [1.165, 1.54) is 23.3 Å². The lowest BCUT2D eigenvalue weighted by atomic mass is 10.4. The molecule has 0 aliphatic rings. The summed E-state index contributed by atoms with van der Waals surface area (Å²) in [6.45, 7) is 0. The maximum absolute atomic E-state index is 10.5. The summed E-state index contributed by atoms with van der Waals surface area (Å²) in [6, 6.07) is 0. The molecule has 2 heterocycles. The Morgan fingerprint density at radius 2 is 2.38 bits per heavy atom. The maximum atomic E-state index is 10.5. The molecule has 0 spiro atoms. The molecule has 0 amide bonds. The lowest BCUT2D eigenvalue weighted by molar-refractivity contribution is 0.0697. The average Bonchev–Trinajstić information content (AvgIpc) is 2.75. The van der Waals surface area contributed by atoms with Crippen molar-refractivity contribution in [1.29, 1.82) is 0 Å². The van der Waals surface area contributed by atoms with E-state index in [2.05, 4.69) is 14.7 Å². The van der Waals surface area contributed by atoms with Crippen LogP contribution in [0.15, 0.2) is 18.6 Å². The summed E-state index contributed by atoms with van der Waals surface area (Å²) in [5.74, 6) is -0.997. The molecule has 2 aromatic heterocycles. The van der Waals surface area contributed by atoms with E-state index < -0.39 is 5.97 Å². The Labute approximate surface area is 76.6 Å². The van der Waals surface area contributed by atoms with Crippen molar-refractivity contribution in [3.63, 3.8) is 0 Å². The minimum Gasteiger partial charge on any atom is -0.478 e. The van der Waals surface area contributed by atoms with Crippen molar-refractivity contribution in [2.24, 2.45) is 0 Å². The molecule has 0 radical (unpaired) electrons. The first kappa shape index (κ1) is 7.87. The molecule has 6 nitrogen and oxygen atoms in total. The summed E-state index contributed by atoms with van der Waals surface area (Å²) in [4.78, 5) is 10.5. The van der Waals surface area contributed by atoms with Crippen LogP contribution in [-0.4, -0.2) is 30.4 Å². The van der Waals surface area contributed by atoms with Gasteiger partial charge in [-0.2, -0.15) is 5.10 Å². The summed E-state index contributed by atoms with van der Waals surface area (Å²) in [5.41, 5.74) is 0.147. The summed E-state index contributed by atoms with van der Waals surface area (Å²) in [6.07, 6.45) is 4.21. The number of hydrogen-bond acceptors (Lipinski definition) is 5. The minimum atomic E-state index is -0.997. The summed E-state index contributed by atoms with van der Waals surface area (Å²) < 4.78 is 5.06. The van der Waals surface area contributed by atoms with E-state index in [9.17, 15) is 4.79 Å². The quantitative estimate of drug-likeness (QED) is 0.752. The van der Waals surface area contributed by atoms with Crippen molar-refractivity contribution in [3.8, 4) is 5.00 Å². The SMILES string of the molecule is O=C(O)c1cnn(-c2cnns2)c1. The van der Waals surface area contributed by atoms with Crippen molar-refractivity contribution < 1.29 is 9.90 Å². The van der Waals surface area contributed by atoms with Gasteiger partial charge in [0.15, 0.2) is 5.00 Å². The Balaban J connectivity index is 2.39. The average molecular weight is 196 g/mol. The zero-order chi connectivity index (χ0) is 9.26. The van der Waals surface area contributed by atoms with Crippen LogP contribution >= 0.6 is 11.5 Å². The normalized spacial score (nSPS) is 10.2. The lowest BCUT2D eigenvalue weighted by Crippen LogP contribution is -1.93. The van der Waals surface area contributed by atoms with Crippen LogP contribution in [0.1, 0.15) is 10.4 Å². The standard InChI is InChI=1S/C6H4N4O2S/c11-6(12)4-1-8-10(3-4)5-2-7-9-13-5/h1-3H,(H,11,12). The van der Waals surface area contributed by atoms with Crippen molar-refractivity contribution in [1.82, 2.24) is 19.4 Å². The third-order valence-electron chi connectivity index (χ3n) is 1.41. The number of nitrogens with zero attached hydrogens (tertiary/aromatic N) is 4. The van der Waals surface area contributed by atoms with Crippen LogP contribution in [-0.2, 0) is 0 Å². The highest BCUT2D eigenvalue weighted by atomic mass is 32.1. The van der Waals surface area contributed by atoms with Gasteiger partial charge in [0.2, 0.25) is 0 Å². The Bertz CT molecular complexity index is 422. The first-order chi connectivity index (χ1) is 6.27. The van der Waals surface area contributed by atoms with Crippen LogP contribution in [0, 0.1) is 0 Å². The summed E-state index contributed by atoms with van der Waals surface area (Å²) >= 11 is 1.15. The first-order valence-corrected chi connectivity index (χ1v) is 4.10. The third-order valence-corrected chi connectivity index (χ3v) is 2.06. The highest BCUT2D eigenvalue weighted by Crippen LogP contribution is 2.09. The van der Waals surface area contributed by atoms with Crippen molar-refractivity contribution in [2.75, 3.05) is 0 Å². The lowest BCUT2D eigenvalue weighted by Gasteiger charge is -1.89. The molecule has 0 aliphatic carbocycles. The Kier molecular flexibility index (Phi) is 1.78. The number of hydrogen-bond donors (Lipinski definition) is 1. The van der Waals surface area contributed by atoms with E-state index >= 15 is 0 Å². The first-order valence-electron chi connectivity index (χ1n) is 3.33. The monoisotopic (exact) mass is 196 g/mol. The molecule has 13 heavy (non-hydrogen) atoms. The second kappa shape index (κ2) is 2.94. The van der Waals surface area contributed by atoms with Gasteiger partial charge in [-0.25, -0.2) is 9.48 Å². The molecule has 0 bridgehead atoms. The van der Waals surface area contributed by atoms with Gasteiger partial charge in [-0.1, -0.05) is 4.49 Å². The second-order valence-corrected chi connectivity index (χ2v) is 3.00. The Hall–Kier alpha value is -1.76. The number of carboxylic acid groups (broad SMARTS) is 1. The second-order valence-electron chi connectivity index (χ2n) is 2.23. The largest absolute Gasteiger partial charge is 0.478 e. The predicted molar refractivity (Wildman–Crippen MR) is 44.0 cm³/mol. The van der Waals surface area contributed by atoms with Gasteiger partial charge in [-0.15, -0.1) is 5.10 Å². The number of aromatic carboxylic acids is 1. The van der Waals surface area contributed by atoms with Crippen LogP contribution in [0.25, 0.3) is 5.00 Å². The molecule has 0 unspecified atom stereocenters. The van der Waals surface area contributed by atoms with Gasteiger partial charge < -0.3 is 5.11 Å². The van der Waals surface area contributed by atoms with Gasteiger partial charge in [0, 0.05) is 17.7 Å². The maximum Gasteiger partial charge on any atom is 0.338 e. The van der Waals surface area contributed by atoms with E-state index in [1.54, 1.807) is 0 Å². The molecule has 0 atom stereocenters. The zero-order valence-corrected chi connectivity index (χ0v) is 7.10. The van der Waals surface area contributed by atoms with E-state index in [-0.39, 0.29) is 5.56 Å². The molecule has 2 rings (SSSR count). The van der Waals surface area contributed by atoms with E-state index in [0.29, 0.717) is 5.00 Å². The molecule has 0 saturated carbocycles. The summed E-state index contributed by atoms with van der Waals surface area (Å²) in [5, 5.41) is 16.8. The van der Waals surface area contributed by atoms with E-state index in [0.717, 1.165) is 11.5 Å². The minimum absolute atomic E-state index is 0.147. The fraction of sp³-hybridized carbons (Fsp3) is 0. The fourth-order valence-corrected chi connectivity index (χ4v) is 1.27. The molecule has 0 fully saturated rings. The van der Waals surface area contributed by atoms with E-state index in [4.69, 9.17) is 5.11 Å². The predicted octanol–water partition coefficient (Wildman–Crippen LogP) is 0.422. The number of rotatable bonds is 2. The van der Waals surface area contributed by atoms with Gasteiger partial charge >= 0.3 is 5.97 Å². The highest BCUT2D eigenvalue weighted by molar-refractivity contribution is 7.08. The summed E-state index contributed by atoms with van der Waals surface area (Å²) in [7, 11) is 0. The molecular formula is C6H4N4O2S. The van der Waals surface area contributed by atoms with Gasteiger partial charge in [0.25, 0.3) is 0 Å². The highest BCUT2D eigenvalue weighted by Gasteiger charge is 2.07. The third kappa shape index (κ3) is 1.41. The van der Waals surface area contributed by atoms with Gasteiger partial charge in [0.1, 0.15) is 0 Å². The van der Waals surface area contributed by atoms with Gasteiger partial charge in [-0.05, 0) is 0 Å². The van der Waals surface area contributed by atoms with E-state index in [1.807, 2.05) is 0 Å². The molecule has 66 valence electrons. The topological polar surface area (TPSA) is 80.9 Å². The molecule has 2 aromatic rings. The molecule has 7 heteroatoms. The van der Waals surface area contributed by atoms with Crippen LogP contribution in [0.4, 0.5) is 0 Å². The van der Waals surface area contributed by atoms with Crippen LogP contribution in [0.2, 0.25) is 0 Å². The Morgan fingerprint density at radius 1 is 1.54 bits per heavy atom. The van der Waals surface area contributed by atoms with Crippen LogP contribution in [0.3, 0.4) is 0 Å². The molecule has 1 N–H and O–H groups in total. The molecule has 0 saturated heterocycles. The molecule has 0 aromatic carbocycles. The van der Waals surface area contributed by atoms with Crippen molar-refractivity contribution in [3.05, 3.63) is 24.2 Å². The number of aromatic nitrogens is 4. The molecular weight excluding hydrogens is 192 g/mol. The number of carbonyl (C=O) groups is 1. The van der Waals surface area contributed by atoms with Gasteiger partial charge in [-0.3, -0.25) is 0 Å². The van der Waals surface area contributed by atoms with Crippen LogP contribution < -0.4 is 0 Å². The zero-order valence-electron chi connectivity index (χ0n) is 6.28. The van der Waals surface area contributed by atoms with Crippen LogP contribution in [0.5, 0.6) is 0 Å². The van der Waals surface area contributed by atoms with Crippen molar-refractivity contribution >= 4 is 17.5 Å². The Morgan fingerprint density at radius 3 is 2.92 bits per heavy atom. The number of carboxylic acids is 1. The fourth-order valence-electron chi connectivity index (χ4n) is 0.817. The molecule has 0 aliphatic heterocycles. The smallest absolute Gasteiger partial charge is 0.338 e.